The van der Waals surface area contributed by atoms with Gasteiger partial charge in [0.25, 0.3) is 0 Å². The highest BCUT2D eigenvalue weighted by Crippen LogP contribution is 1.85. The molecule has 114 valence electrons. The fourth-order valence-corrected chi connectivity index (χ4v) is 1.25. The molecule has 0 fully saturated rings. The molecule has 0 spiro atoms. The summed E-state index contributed by atoms with van der Waals surface area (Å²) in [6.07, 6.45) is -0.631. The molecule has 0 saturated carbocycles. The number of aliphatic hydroxyl groups is 1. The first-order chi connectivity index (χ1) is 9.20. The van der Waals surface area contributed by atoms with Crippen molar-refractivity contribution in [3.8, 4) is 0 Å². The number of ether oxygens (including phenoxy) is 3. The second-order valence-corrected chi connectivity index (χ2v) is 3.90. The monoisotopic (exact) mass is 278 g/mol. The second kappa shape index (κ2) is 13.7. The summed E-state index contributed by atoms with van der Waals surface area (Å²) in [6, 6.07) is 0. The van der Waals surface area contributed by atoms with Gasteiger partial charge >= 0.3 is 0 Å². The molecule has 19 heavy (non-hydrogen) atoms. The van der Waals surface area contributed by atoms with E-state index in [4.69, 9.17) is 14.2 Å². The van der Waals surface area contributed by atoms with Crippen LogP contribution in [-0.4, -0.2) is 76.9 Å². The van der Waals surface area contributed by atoms with Gasteiger partial charge in [0.2, 0.25) is 5.91 Å². The van der Waals surface area contributed by atoms with Gasteiger partial charge in [-0.3, -0.25) is 4.79 Å². The molecule has 7 nitrogen and oxygen atoms in total. The number of hydrogen-bond donors (Lipinski definition) is 3. The largest absolute Gasteiger partial charge is 0.389 e. The molecule has 0 aromatic carbocycles. The van der Waals surface area contributed by atoms with Crippen molar-refractivity contribution >= 4 is 5.91 Å². The molecule has 0 aromatic rings. The molecule has 0 bridgehead atoms. The first-order valence-electron chi connectivity index (χ1n) is 6.50. The molecule has 1 atom stereocenters. The Morgan fingerprint density at radius 3 is 2.68 bits per heavy atom. The van der Waals surface area contributed by atoms with Gasteiger partial charge < -0.3 is 30.0 Å². The zero-order valence-electron chi connectivity index (χ0n) is 11.8. The molecule has 1 amide bonds. The smallest absolute Gasteiger partial charge is 0.234 e. The summed E-state index contributed by atoms with van der Waals surface area (Å²) < 4.78 is 15.1. The maximum atomic E-state index is 11.3. The Morgan fingerprint density at radius 1 is 1.26 bits per heavy atom. The van der Waals surface area contributed by atoms with Gasteiger partial charge in [0.05, 0.1) is 39.1 Å². The van der Waals surface area contributed by atoms with Crippen LogP contribution in [0.4, 0.5) is 0 Å². The van der Waals surface area contributed by atoms with Gasteiger partial charge in [0.15, 0.2) is 0 Å². The molecule has 0 aliphatic carbocycles. The molecule has 0 rings (SSSR count). The molecular weight excluding hydrogens is 252 g/mol. The van der Waals surface area contributed by atoms with Crippen molar-refractivity contribution in [3.05, 3.63) is 0 Å². The van der Waals surface area contributed by atoms with Gasteiger partial charge in [-0.05, 0) is 6.92 Å². The molecule has 0 aliphatic heterocycles. The Morgan fingerprint density at radius 2 is 2.00 bits per heavy atom. The van der Waals surface area contributed by atoms with E-state index >= 15 is 0 Å². The second-order valence-electron chi connectivity index (χ2n) is 3.90. The quantitative estimate of drug-likeness (QED) is 0.365. The van der Waals surface area contributed by atoms with Crippen molar-refractivity contribution in [2.75, 3.05) is 59.8 Å². The average Bonchev–Trinajstić information content (AvgIpc) is 2.39. The first kappa shape index (κ1) is 18.3. The third kappa shape index (κ3) is 13.5. The highest BCUT2D eigenvalue weighted by molar-refractivity contribution is 5.77. The minimum atomic E-state index is -0.631. The van der Waals surface area contributed by atoms with Gasteiger partial charge in [0.1, 0.15) is 0 Å². The average molecular weight is 278 g/mol. The highest BCUT2D eigenvalue weighted by Gasteiger charge is 2.05. The third-order valence-electron chi connectivity index (χ3n) is 2.18. The van der Waals surface area contributed by atoms with E-state index in [0.717, 1.165) is 0 Å². The van der Waals surface area contributed by atoms with Crippen molar-refractivity contribution in [1.29, 1.82) is 0 Å². The van der Waals surface area contributed by atoms with Crippen LogP contribution in [0.25, 0.3) is 0 Å². The topological polar surface area (TPSA) is 89.0 Å². The van der Waals surface area contributed by atoms with E-state index < -0.39 is 6.10 Å². The van der Waals surface area contributed by atoms with Crippen LogP contribution in [0.3, 0.4) is 0 Å². The summed E-state index contributed by atoms with van der Waals surface area (Å²) in [5.74, 6) is -0.124. The molecule has 0 aromatic heterocycles. The lowest BCUT2D eigenvalue weighted by Gasteiger charge is -2.12. The predicted octanol–water partition coefficient (Wildman–Crippen LogP) is -1.25. The number of hydrogen-bond acceptors (Lipinski definition) is 6. The van der Waals surface area contributed by atoms with Crippen LogP contribution in [0.1, 0.15) is 6.92 Å². The number of nitrogens with one attached hydrogen (secondary N) is 2. The number of aliphatic hydroxyl groups excluding tert-OH is 1. The Labute approximate surface area is 114 Å². The van der Waals surface area contributed by atoms with E-state index in [-0.39, 0.29) is 19.1 Å². The number of rotatable bonds is 13. The van der Waals surface area contributed by atoms with Crippen LogP contribution in [0.5, 0.6) is 0 Å². The summed E-state index contributed by atoms with van der Waals surface area (Å²) in [6.45, 7) is 5.24. The zero-order chi connectivity index (χ0) is 14.3. The Hall–Kier alpha value is -0.730. The molecular formula is C12H26N2O5. The SMILES string of the molecule is CCOCCOCC(O)CNCC(=O)NCCOC. The number of carbonyl (C=O) groups is 1. The lowest BCUT2D eigenvalue weighted by atomic mass is 10.3. The predicted molar refractivity (Wildman–Crippen MR) is 71.1 cm³/mol. The van der Waals surface area contributed by atoms with Crippen molar-refractivity contribution < 1.29 is 24.1 Å². The van der Waals surface area contributed by atoms with Crippen LogP contribution in [0.2, 0.25) is 0 Å². The summed E-state index contributed by atoms with van der Waals surface area (Å²) >= 11 is 0. The molecule has 0 heterocycles. The van der Waals surface area contributed by atoms with E-state index in [0.29, 0.717) is 39.5 Å². The third-order valence-corrected chi connectivity index (χ3v) is 2.18. The maximum absolute atomic E-state index is 11.3. The van der Waals surface area contributed by atoms with Crippen LogP contribution in [-0.2, 0) is 19.0 Å². The molecule has 3 N–H and O–H groups in total. The molecule has 7 heteroatoms. The number of methoxy groups -OCH3 is 1. The first-order valence-corrected chi connectivity index (χ1v) is 6.50. The van der Waals surface area contributed by atoms with Crippen molar-refractivity contribution in [2.24, 2.45) is 0 Å². The van der Waals surface area contributed by atoms with E-state index in [2.05, 4.69) is 10.6 Å². The summed E-state index contributed by atoms with van der Waals surface area (Å²) in [5.41, 5.74) is 0. The maximum Gasteiger partial charge on any atom is 0.234 e. The molecule has 0 aliphatic rings. The van der Waals surface area contributed by atoms with Gasteiger partial charge in [-0.15, -0.1) is 0 Å². The minimum Gasteiger partial charge on any atom is -0.389 e. The molecule has 0 radical (unpaired) electrons. The lowest BCUT2D eigenvalue weighted by molar-refractivity contribution is -0.120. The summed E-state index contributed by atoms with van der Waals surface area (Å²) in [7, 11) is 1.58. The summed E-state index contributed by atoms with van der Waals surface area (Å²) in [5, 5.41) is 15.1. The van der Waals surface area contributed by atoms with Gasteiger partial charge in [-0.2, -0.15) is 0 Å². The molecule has 0 saturated heterocycles. The Bertz CT molecular complexity index is 216. The van der Waals surface area contributed by atoms with Crippen LogP contribution < -0.4 is 10.6 Å². The van der Waals surface area contributed by atoms with E-state index in [1.54, 1.807) is 7.11 Å². The van der Waals surface area contributed by atoms with E-state index in [1.165, 1.54) is 0 Å². The normalized spacial score (nSPS) is 12.4. The van der Waals surface area contributed by atoms with Gasteiger partial charge in [-0.1, -0.05) is 0 Å². The van der Waals surface area contributed by atoms with Crippen LogP contribution >= 0.6 is 0 Å². The lowest BCUT2D eigenvalue weighted by Crippen LogP contribution is -2.39. The van der Waals surface area contributed by atoms with E-state index in [1.807, 2.05) is 6.92 Å². The minimum absolute atomic E-state index is 0.124. The Kier molecular flexibility index (Phi) is 13.2. The zero-order valence-corrected chi connectivity index (χ0v) is 11.8. The number of carbonyl (C=O) groups excluding carboxylic acids is 1. The number of amides is 1. The summed E-state index contributed by atoms with van der Waals surface area (Å²) in [4.78, 5) is 11.3. The van der Waals surface area contributed by atoms with Gasteiger partial charge in [-0.25, -0.2) is 0 Å². The van der Waals surface area contributed by atoms with Crippen molar-refractivity contribution in [1.82, 2.24) is 10.6 Å². The van der Waals surface area contributed by atoms with Gasteiger partial charge in [0, 0.05) is 26.8 Å². The fraction of sp³-hybridized carbons (Fsp3) is 0.917. The van der Waals surface area contributed by atoms with Crippen molar-refractivity contribution in [3.63, 3.8) is 0 Å². The van der Waals surface area contributed by atoms with Crippen LogP contribution in [0, 0.1) is 0 Å². The highest BCUT2D eigenvalue weighted by atomic mass is 16.5. The Balaban J connectivity index is 3.32. The molecule has 1 unspecified atom stereocenters. The van der Waals surface area contributed by atoms with E-state index in [9.17, 15) is 9.90 Å². The van der Waals surface area contributed by atoms with Crippen LogP contribution in [0.15, 0.2) is 0 Å². The standard InChI is InChI=1S/C12H26N2O5/c1-3-18-6-7-19-10-11(15)8-13-9-12(16)14-4-5-17-2/h11,13,15H,3-10H2,1-2H3,(H,14,16). The fourth-order valence-electron chi connectivity index (χ4n) is 1.25. The van der Waals surface area contributed by atoms with Crippen molar-refractivity contribution in [2.45, 2.75) is 13.0 Å².